The Bertz CT molecular complexity index is 743. The van der Waals surface area contributed by atoms with Crippen molar-refractivity contribution in [2.75, 3.05) is 0 Å². The lowest BCUT2D eigenvalue weighted by atomic mass is 9.99. The molecule has 1 fully saturated rings. The van der Waals surface area contributed by atoms with Gasteiger partial charge in [-0.3, -0.25) is 9.98 Å². The summed E-state index contributed by atoms with van der Waals surface area (Å²) in [5.41, 5.74) is 3.28. The van der Waals surface area contributed by atoms with E-state index in [0.29, 0.717) is 0 Å². The zero-order valence-corrected chi connectivity index (χ0v) is 15.3. The van der Waals surface area contributed by atoms with Gasteiger partial charge in [0.1, 0.15) is 0 Å². The molecular formula is C18H20N3PS. The van der Waals surface area contributed by atoms with Gasteiger partial charge in [-0.05, 0) is 36.3 Å². The molecule has 1 unspecified atom stereocenters. The molecule has 23 heavy (non-hydrogen) atoms. The highest BCUT2D eigenvalue weighted by atomic mass is 32.2. The first-order valence-corrected chi connectivity index (χ1v) is 8.87. The number of nitrogens with zero attached hydrogens (tertiary/aromatic N) is 2. The van der Waals surface area contributed by atoms with Gasteiger partial charge in [-0.25, -0.2) is 0 Å². The molecule has 3 atom stereocenters. The smallest absolute Gasteiger partial charge is 0.162 e. The highest BCUT2D eigenvalue weighted by molar-refractivity contribution is 8.15. The summed E-state index contributed by atoms with van der Waals surface area (Å²) in [4.78, 5) is 9.05. The van der Waals surface area contributed by atoms with E-state index in [2.05, 4.69) is 70.3 Å². The molecular weight excluding hydrogens is 321 g/mol. The van der Waals surface area contributed by atoms with E-state index >= 15 is 0 Å². The van der Waals surface area contributed by atoms with Crippen molar-refractivity contribution in [1.29, 1.82) is 0 Å². The summed E-state index contributed by atoms with van der Waals surface area (Å²) < 4.78 is -0.239. The molecule has 1 aromatic heterocycles. The van der Waals surface area contributed by atoms with Crippen molar-refractivity contribution in [2.24, 2.45) is 4.99 Å². The average Bonchev–Trinajstić information content (AvgIpc) is 2.84. The zero-order valence-electron chi connectivity index (χ0n) is 13.3. The van der Waals surface area contributed by atoms with Crippen molar-refractivity contribution in [3.05, 3.63) is 72.2 Å². The van der Waals surface area contributed by atoms with E-state index < -0.39 is 0 Å². The maximum Gasteiger partial charge on any atom is 0.162 e. The molecule has 1 saturated heterocycles. The van der Waals surface area contributed by atoms with Gasteiger partial charge in [-0.1, -0.05) is 48.7 Å². The van der Waals surface area contributed by atoms with Crippen LogP contribution < -0.4 is 10.6 Å². The second kappa shape index (κ2) is 6.46. The summed E-state index contributed by atoms with van der Waals surface area (Å²) in [5, 5.41) is 5.43. The van der Waals surface area contributed by atoms with Crippen LogP contribution in [0.25, 0.3) is 0 Å². The van der Waals surface area contributed by atoms with E-state index in [1.54, 1.807) is 18.0 Å². The van der Waals surface area contributed by atoms with E-state index in [1.807, 2.05) is 12.3 Å². The number of benzene rings is 1. The Morgan fingerprint density at radius 1 is 1.30 bits per heavy atom. The van der Waals surface area contributed by atoms with Crippen LogP contribution >= 0.6 is 21.0 Å². The number of nitrogens with one attached hydrogen (secondary N) is 1. The van der Waals surface area contributed by atoms with Crippen LogP contribution in [0.5, 0.6) is 0 Å². The Balaban J connectivity index is 1.83. The lowest BCUT2D eigenvalue weighted by Crippen LogP contribution is -2.20. The molecule has 5 heteroatoms. The number of pyridine rings is 1. The predicted octanol–water partition coefficient (Wildman–Crippen LogP) is 3.76. The van der Waals surface area contributed by atoms with Gasteiger partial charge < -0.3 is 5.32 Å². The second-order valence-electron chi connectivity index (χ2n) is 5.76. The largest absolute Gasteiger partial charge is 0.337 e. The van der Waals surface area contributed by atoms with Gasteiger partial charge in [-0.15, -0.1) is 9.24 Å². The van der Waals surface area contributed by atoms with Crippen molar-refractivity contribution < 1.29 is 0 Å². The van der Waals surface area contributed by atoms with Crippen LogP contribution in [0.2, 0.25) is 0 Å². The van der Waals surface area contributed by atoms with Crippen LogP contribution in [0.15, 0.2) is 66.1 Å². The maximum absolute atomic E-state index is 4.83. The predicted molar refractivity (Wildman–Crippen MR) is 103 cm³/mol. The molecule has 3 rings (SSSR count). The number of thioether (sulfide) groups is 1. The molecule has 2 heterocycles. The van der Waals surface area contributed by atoms with E-state index in [0.717, 1.165) is 16.4 Å². The van der Waals surface area contributed by atoms with E-state index in [-0.39, 0.29) is 10.8 Å². The van der Waals surface area contributed by atoms with Crippen LogP contribution in [-0.2, 0) is 4.75 Å². The number of aromatic nitrogens is 1. The SMILES string of the molecule is C=C1NC(=N[C@@H](C)c2ccc(P)cc2)S[C@@]1(C)c1cccnc1. The van der Waals surface area contributed by atoms with Gasteiger partial charge in [0.2, 0.25) is 0 Å². The topological polar surface area (TPSA) is 37.3 Å². The van der Waals surface area contributed by atoms with Gasteiger partial charge in [0.15, 0.2) is 5.17 Å². The Morgan fingerprint density at radius 3 is 2.70 bits per heavy atom. The van der Waals surface area contributed by atoms with Gasteiger partial charge in [-0.2, -0.15) is 0 Å². The molecule has 0 aliphatic carbocycles. The number of amidine groups is 1. The molecule has 0 amide bonds. The minimum atomic E-state index is -0.239. The normalized spacial score (nSPS) is 23.8. The molecule has 0 spiro atoms. The summed E-state index contributed by atoms with van der Waals surface area (Å²) in [5.74, 6) is 0. The number of rotatable bonds is 3. The minimum Gasteiger partial charge on any atom is -0.337 e. The first kappa shape index (κ1) is 16.2. The highest BCUT2D eigenvalue weighted by Gasteiger charge is 2.39. The summed E-state index contributed by atoms with van der Waals surface area (Å²) in [7, 11) is 2.70. The van der Waals surface area contributed by atoms with Crippen molar-refractivity contribution in [3.8, 4) is 0 Å². The molecule has 0 bridgehead atoms. The second-order valence-corrected chi connectivity index (χ2v) is 7.83. The minimum absolute atomic E-state index is 0.0969. The standard InChI is InChI=1S/C18H20N3PS/c1-12(14-6-8-16(22)9-7-14)20-17-21-13(2)18(3,23-17)15-5-4-10-19-11-15/h4-12H,2,22H2,1,3H3,(H,20,21)/t12-,18+/m0/s1. The highest BCUT2D eigenvalue weighted by Crippen LogP contribution is 2.46. The fourth-order valence-corrected chi connectivity index (χ4v) is 3.87. The van der Waals surface area contributed by atoms with Crippen LogP contribution in [-0.4, -0.2) is 10.2 Å². The lowest BCUT2D eigenvalue weighted by Gasteiger charge is -2.22. The fourth-order valence-electron chi connectivity index (χ4n) is 2.49. The molecule has 3 nitrogen and oxygen atoms in total. The monoisotopic (exact) mass is 341 g/mol. The summed E-state index contributed by atoms with van der Waals surface area (Å²) in [6.45, 7) is 8.44. The van der Waals surface area contributed by atoms with Crippen molar-refractivity contribution in [1.82, 2.24) is 10.3 Å². The van der Waals surface area contributed by atoms with Gasteiger partial charge in [0.25, 0.3) is 0 Å². The lowest BCUT2D eigenvalue weighted by molar-refractivity contribution is 0.782. The Kier molecular flexibility index (Phi) is 4.56. The number of hydrogen-bond donors (Lipinski definition) is 1. The number of aliphatic imine (C=N–C) groups is 1. The summed E-state index contributed by atoms with van der Waals surface area (Å²) >= 11 is 1.70. The summed E-state index contributed by atoms with van der Waals surface area (Å²) in [6.07, 6.45) is 3.68. The van der Waals surface area contributed by atoms with E-state index in [1.165, 1.54) is 10.9 Å². The molecule has 1 aliphatic heterocycles. The van der Waals surface area contributed by atoms with E-state index in [9.17, 15) is 0 Å². The molecule has 1 N–H and O–H groups in total. The molecule has 0 saturated carbocycles. The zero-order chi connectivity index (χ0) is 16.4. The first-order chi connectivity index (χ1) is 11.0. The molecule has 0 radical (unpaired) electrons. The summed E-state index contributed by atoms with van der Waals surface area (Å²) in [6, 6.07) is 12.5. The third-order valence-corrected chi connectivity index (χ3v) is 5.75. The average molecular weight is 341 g/mol. The van der Waals surface area contributed by atoms with Gasteiger partial charge in [0.05, 0.1) is 10.8 Å². The molecule has 1 aromatic carbocycles. The van der Waals surface area contributed by atoms with Crippen molar-refractivity contribution in [3.63, 3.8) is 0 Å². The Hall–Kier alpha value is -1.64. The molecule has 118 valence electrons. The molecule has 1 aliphatic rings. The quantitative estimate of drug-likeness (QED) is 0.864. The van der Waals surface area contributed by atoms with Crippen LogP contribution in [0.3, 0.4) is 0 Å². The van der Waals surface area contributed by atoms with E-state index in [4.69, 9.17) is 4.99 Å². The van der Waals surface area contributed by atoms with Gasteiger partial charge >= 0.3 is 0 Å². The van der Waals surface area contributed by atoms with Gasteiger partial charge in [0, 0.05) is 18.1 Å². The Morgan fingerprint density at radius 2 is 2.04 bits per heavy atom. The first-order valence-electron chi connectivity index (χ1n) is 7.48. The third kappa shape index (κ3) is 3.34. The third-order valence-electron chi connectivity index (χ3n) is 4.08. The fraction of sp³-hybridized carbons (Fsp3) is 0.222. The van der Waals surface area contributed by atoms with Crippen molar-refractivity contribution in [2.45, 2.75) is 24.6 Å². The Labute approximate surface area is 143 Å². The van der Waals surface area contributed by atoms with Crippen LogP contribution in [0, 0.1) is 0 Å². The number of hydrogen-bond acceptors (Lipinski definition) is 3. The van der Waals surface area contributed by atoms with Crippen molar-refractivity contribution >= 4 is 31.5 Å². The van der Waals surface area contributed by atoms with Crippen LogP contribution in [0.1, 0.15) is 31.0 Å². The maximum atomic E-state index is 4.83. The molecule has 2 aromatic rings. The van der Waals surface area contributed by atoms with Crippen LogP contribution in [0.4, 0.5) is 0 Å².